The van der Waals surface area contributed by atoms with E-state index in [4.69, 9.17) is 21.9 Å². The Balaban J connectivity index is 1.97. The van der Waals surface area contributed by atoms with E-state index >= 15 is 0 Å². The van der Waals surface area contributed by atoms with E-state index in [-0.39, 0.29) is 0 Å². The number of rotatable bonds is 2. The van der Waals surface area contributed by atoms with Crippen molar-refractivity contribution in [3.8, 4) is 17.0 Å². The lowest BCUT2D eigenvalue weighted by Gasteiger charge is -2.03. The van der Waals surface area contributed by atoms with Crippen molar-refractivity contribution in [3.05, 3.63) is 47.7 Å². The van der Waals surface area contributed by atoms with Gasteiger partial charge in [0.25, 0.3) is 0 Å². The molecule has 0 fully saturated rings. The van der Waals surface area contributed by atoms with Gasteiger partial charge in [0.05, 0.1) is 11.9 Å². The van der Waals surface area contributed by atoms with E-state index in [0.717, 1.165) is 11.3 Å². The van der Waals surface area contributed by atoms with Crippen LogP contribution in [0.1, 0.15) is 0 Å². The molecule has 1 aromatic carbocycles. The Hall–Kier alpha value is -2.27. The SMILES string of the molecule is Nc1cc(-c2ccc(-n3nccc3Cl)cc2)on1. The molecule has 0 aliphatic rings. The fourth-order valence-electron chi connectivity index (χ4n) is 1.67. The third kappa shape index (κ3) is 1.84. The van der Waals surface area contributed by atoms with Gasteiger partial charge in [0.2, 0.25) is 0 Å². The molecule has 0 atom stereocenters. The second-order valence-electron chi connectivity index (χ2n) is 3.73. The van der Waals surface area contributed by atoms with E-state index in [1.807, 2.05) is 24.3 Å². The number of nitrogens with zero attached hydrogens (tertiary/aromatic N) is 3. The standard InChI is InChI=1S/C12H9ClN4O/c13-11-5-6-15-17(11)9-3-1-8(2-4-9)10-7-12(14)16-18-10/h1-7H,(H2,14,16). The number of nitrogens with two attached hydrogens (primary N) is 1. The van der Waals surface area contributed by atoms with Crippen molar-refractivity contribution in [2.24, 2.45) is 0 Å². The highest BCUT2D eigenvalue weighted by molar-refractivity contribution is 6.29. The van der Waals surface area contributed by atoms with Gasteiger partial charge < -0.3 is 10.3 Å². The van der Waals surface area contributed by atoms with Crippen LogP contribution >= 0.6 is 11.6 Å². The first-order valence-corrected chi connectivity index (χ1v) is 5.64. The molecule has 0 aliphatic carbocycles. The van der Waals surface area contributed by atoms with Crippen molar-refractivity contribution in [1.29, 1.82) is 0 Å². The molecule has 0 amide bonds. The summed E-state index contributed by atoms with van der Waals surface area (Å²) in [6, 6.07) is 11.0. The highest BCUT2D eigenvalue weighted by atomic mass is 35.5. The van der Waals surface area contributed by atoms with E-state index in [2.05, 4.69) is 10.3 Å². The Labute approximate surface area is 108 Å². The maximum absolute atomic E-state index is 5.99. The molecule has 3 rings (SSSR count). The Morgan fingerprint density at radius 2 is 1.94 bits per heavy atom. The summed E-state index contributed by atoms with van der Waals surface area (Å²) < 4.78 is 6.72. The van der Waals surface area contributed by atoms with E-state index in [9.17, 15) is 0 Å². The first-order chi connectivity index (χ1) is 8.74. The minimum absolute atomic E-state index is 0.365. The van der Waals surface area contributed by atoms with Crippen LogP contribution in [-0.2, 0) is 0 Å². The summed E-state index contributed by atoms with van der Waals surface area (Å²) in [6.07, 6.45) is 1.65. The number of hydrogen-bond acceptors (Lipinski definition) is 4. The Morgan fingerprint density at radius 1 is 1.17 bits per heavy atom. The molecule has 6 heteroatoms. The highest BCUT2D eigenvalue weighted by Gasteiger charge is 2.06. The molecule has 90 valence electrons. The number of hydrogen-bond donors (Lipinski definition) is 1. The van der Waals surface area contributed by atoms with Gasteiger partial charge in [-0.1, -0.05) is 16.8 Å². The van der Waals surface area contributed by atoms with Crippen LogP contribution in [0.4, 0.5) is 5.82 Å². The van der Waals surface area contributed by atoms with Crippen LogP contribution in [0.5, 0.6) is 0 Å². The van der Waals surface area contributed by atoms with Gasteiger partial charge in [-0.3, -0.25) is 0 Å². The molecule has 5 nitrogen and oxygen atoms in total. The number of anilines is 1. The molecule has 0 bridgehead atoms. The van der Waals surface area contributed by atoms with Crippen LogP contribution in [0.25, 0.3) is 17.0 Å². The lowest BCUT2D eigenvalue weighted by molar-refractivity contribution is 0.436. The van der Waals surface area contributed by atoms with Crippen molar-refractivity contribution in [2.75, 3.05) is 5.73 Å². The van der Waals surface area contributed by atoms with Crippen LogP contribution in [0.2, 0.25) is 5.15 Å². The van der Waals surface area contributed by atoms with Gasteiger partial charge in [0, 0.05) is 11.6 Å². The number of aromatic nitrogens is 3. The summed E-state index contributed by atoms with van der Waals surface area (Å²) in [4.78, 5) is 0. The molecule has 0 spiro atoms. The quantitative estimate of drug-likeness (QED) is 0.769. The van der Waals surface area contributed by atoms with Crippen molar-refractivity contribution < 1.29 is 4.52 Å². The van der Waals surface area contributed by atoms with Gasteiger partial charge in [0.1, 0.15) is 5.15 Å². The van der Waals surface area contributed by atoms with Crippen molar-refractivity contribution >= 4 is 17.4 Å². The molecule has 2 heterocycles. The third-order valence-electron chi connectivity index (χ3n) is 2.52. The first-order valence-electron chi connectivity index (χ1n) is 5.26. The average Bonchev–Trinajstić information content (AvgIpc) is 2.98. The van der Waals surface area contributed by atoms with Crippen LogP contribution < -0.4 is 5.73 Å². The summed E-state index contributed by atoms with van der Waals surface area (Å²) in [5, 5.41) is 8.33. The Kier molecular flexibility index (Phi) is 2.53. The lowest BCUT2D eigenvalue weighted by Crippen LogP contribution is -1.95. The Morgan fingerprint density at radius 3 is 2.50 bits per heavy atom. The molecule has 0 unspecified atom stereocenters. The zero-order valence-electron chi connectivity index (χ0n) is 9.25. The lowest BCUT2D eigenvalue weighted by atomic mass is 10.1. The molecule has 0 saturated carbocycles. The minimum Gasteiger partial charge on any atom is -0.381 e. The van der Waals surface area contributed by atoms with E-state index in [1.54, 1.807) is 23.0 Å². The average molecular weight is 261 g/mol. The van der Waals surface area contributed by atoms with Gasteiger partial charge >= 0.3 is 0 Å². The monoisotopic (exact) mass is 260 g/mol. The van der Waals surface area contributed by atoms with Gasteiger partial charge in [0.15, 0.2) is 11.6 Å². The fourth-order valence-corrected chi connectivity index (χ4v) is 1.87. The van der Waals surface area contributed by atoms with Crippen LogP contribution in [0.15, 0.2) is 47.1 Å². The fraction of sp³-hybridized carbons (Fsp3) is 0. The van der Waals surface area contributed by atoms with Gasteiger partial charge in [-0.25, -0.2) is 4.68 Å². The van der Waals surface area contributed by atoms with E-state index in [1.165, 1.54) is 0 Å². The Bertz CT molecular complexity index is 671. The number of nitrogen functional groups attached to an aromatic ring is 1. The molecule has 0 radical (unpaired) electrons. The van der Waals surface area contributed by atoms with E-state index < -0.39 is 0 Å². The first kappa shape index (κ1) is 10.9. The smallest absolute Gasteiger partial charge is 0.169 e. The predicted octanol–water partition coefficient (Wildman–Crippen LogP) is 2.76. The zero-order chi connectivity index (χ0) is 12.5. The molecule has 2 N–H and O–H groups in total. The number of halogens is 1. The number of benzene rings is 1. The normalized spacial score (nSPS) is 10.7. The molecular formula is C12H9ClN4O. The third-order valence-corrected chi connectivity index (χ3v) is 2.81. The maximum Gasteiger partial charge on any atom is 0.169 e. The summed E-state index contributed by atoms with van der Waals surface area (Å²) in [5.41, 5.74) is 7.28. The molecule has 3 aromatic rings. The van der Waals surface area contributed by atoms with Gasteiger partial charge in [-0.2, -0.15) is 5.10 Å². The summed E-state index contributed by atoms with van der Waals surface area (Å²) in [5.74, 6) is 0.995. The zero-order valence-corrected chi connectivity index (χ0v) is 10.0. The van der Waals surface area contributed by atoms with Crippen molar-refractivity contribution in [1.82, 2.24) is 14.9 Å². The molecule has 0 saturated heterocycles. The predicted molar refractivity (Wildman–Crippen MR) is 68.5 cm³/mol. The highest BCUT2D eigenvalue weighted by Crippen LogP contribution is 2.23. The van der Waals surface area contributed by atoms with Crippen LogP contribution in [0.3, 0.4) is 0 Å². The van der Waals surface area contributed by atoms with Gasteiger partial charge in [-0.05, 0) is 30.3 Å². The van der Waals surface area contributed by atoms with Crippen molar-refractivity contribution in [2.45, 2.75) is 0 Å². The maximum atomic E-state index is 5.99. The molecular weight excluding hydrogens is 252 g/mol. The van der Waals surface area contributed by atoms with Gasteiger partial charge in [-0.15, -0.1) is 0 Å². The molecule has 2 aromatic heterocycles. The summed E-state index contributed by atoms with van der Waals surface area (Å²) in [6.45, 7) is 0. The molecule has 0 aliphatic heterocycles. The minimum atomic E-state index is 0.365. The molecule has 18 heavy (non-hydrogen) atoms. The van der Waals surface area contributed by atoms with Crippen LogP contribution in [0, 0.1) is 0 Å². The summed E-state index contributed by atoms with van der Waals surface area (Å²) >= 11 is 5.99. The second-order valence-corrected chi connectivity index (χ2v) is 4.12. The topological polar surface area (TPSA) is 69.9 Å². The van der Waals surface area contributed by atoms with Crippen LogP contribution in [-0.4, -0.2) is 14.9 Å². The van der Waals surface area contributed by atoms with E-state index in [0.29, 0.717) is 16.7 Å². The second kappa shape index (κ2) is 4.19. The largest absolute Gasteiger partial charge is 0.381 e. The summed E-state index contributed by atoms with van der Waals surface area (Å²) in [7, 11) is 0. The van der Waals surface area contributed by atoms with Crippen molar-refractivity contribution in [3.63, 3.8) is 0 Å².